The summed E-state index contributed by atoms with van der Waals surface area (Å²) >= 11 is 0. The van der Waals surface area contributed by atoms with Crippen molar-refractivity contribution in [3.63, 3.8) is 0 Å². The minimum Gasteiger partial charge on any atom is -0.480 e. The second-order valence-electron chi connectivity index (χ2n) is 2.85. The fourth-order valence-electron chi connectivity index (χ4n) is 0.837. The van der Waals surface area contributed by atoms with Gasteiger partial charge in [0.1, 0.15) is 0 Å². The SMILES string of the molecule is C=CCC(C)(C(=O)O)C(=O)OCC. The number of aliphatic carboxylic acids is 1. The molecule has 1 unspecified atom stereocenters. The number of carboxylic acid groups (broad SMARTS) is 1. The minimum atomic E-state index is -1.50. The van der Waals surface area contributed by atoms with Gasteiger partial charge in [0.15, 0.2) is 5.41 Å². The van der Waals surface area contributed by atoms with Gasteiger partial charge in [0, 0.05) is 0 Å². The van der Waals surface area contributed by atoms with Gasteiger partial charge in [-0.1, -0.05) is 6.08 Å². The summed E-state index contributed by atoms with van der Waals surface area (Å²) in [6.45, 7) is 6.54. The zero-order chi connectivity index (χ0) is 10.5. The molecule has 1 atom stereocenters. The van der Waals surface area contributed by atoms with Crippen LogP contribution in [-0.2, 0) is 14.3 Å². The molecule has 0 aliphatic carbocycles. The number of carboxylic acids is 1. The third kappa shape index (κ3) is 2.57. The summed E-state index contributed by atoms with van der Waals surface area (Å²) in [6, 6.07) is 0. The summed E-state index contributed by atoms with van der Waals surface area (Å²) in [5.74, 6) is -1.91. The van der Waals surface area contributed by atoms with Gasteiger partial charge in [0.05, 0.1) is 6.61 Å². The second-order valence-corrected chi connectivity index (χ2v) is 2.85. The Morgan fingerprint density at radius 1 is 1.62 bits per heavy atom. The van der Waals surface area contributed by atoms with Crippen LogP contribution in [0.4, 0.5) is 0 Å². The molecule has 1 N–H and O–H groups in total. The van der Waals surface area contributed by atoms with E-state index in [0.29, 0.717) is 0 Å². The molecule has 0 rings (SSSR count). The van der Waals surface area contributed by atoms with Crippen molar-refractivity contribution < 1.29 is 19.4 Å². The maximum atomic E-state index is 11.2. The topological polar surface area (TPSA) is 63.6 Å². The minimum absolute atomic E-state index is 0.0706. The molecule has 0 bridgehead atoms. The van der Waals surface area contributed by atoms with Crippen molar-refractivity contribution in [3.05, 3.63) is 12.7 Å². The molecule has 0 heterocycles. The van der Waals surface area contributed by atoms with Gasteiger partial charge in [-0.05, 0) is 20.3 Å². The lowest BCUT2D eigenvalue weighted by Gasteiger charge is -2.20. The first kappa shape index (κ1) is 11.7. The standard InChI is InChI=1S/C9H14O4/c1-4-6-9(3,7(10)11)8(12)13-5-2/h4H,1,5-6H2,2-3H3,(H,10,11). The largest absolute Gasteiger partial charge is 0.480 e. The van der Waals surface area contributed by atoms with Crippen molar-refractivity contribution in [1.82, 2.24) is 0 Å². The van der Waals surface area contributed by atoms with Gasteiger partial charge in [-0.15, -0.1) is 6.58 Å². The summed E-state index contributed by atoms with van der Waals surface area (Å²) in [5.41, 5.74) is -1.50. The normalized spacial score (nSPS) is 14.3. The second kappa shape index (κ2) is 4.64. The van der Waals surface area contributed by atoms with E-state index in [0.717, 1.165) is 0 Å². The van der Waals surface area contributed by atoms with E-state index in [-0.39, 0.29) is 13.0 Å². The Balaban J connectivity index is 4.67. The van der Waals surface area contributed by atoms with E-state index in [4.69, 9.17) is 5.11 Å². The first-order valence-electron chi connectivity index (χ1n) is 4.00. The van der Waals surface area contributed by atoms with E-state index in [1.807, 2.05) is 0 Å². The molecule has 74 valence electrons. The maximum Gasteiger partial charge on any atom is 0.323 e. The van der Waals surface area contributed by atoms with Gasteiger partial charge >= 0.3 is 11.9 Å². The highest BCUT2D eigenvalue weighted by atomic mass is 16.5. The fourth-order valence-corrected chi connectivity index (χ4v) is 0.837. The molecule has 0 aliphatic heterocycles. The van der Waals surface area contributed by atoms with Crippen molar-refractivity contribution in [2.45, 2.75) is 20.3 Å². The highest BCUT2D eigenvalue weighted by Crippen LogP contribution is 2.24. The third-order valence-corrected chi connectivity index (χ3v) is 1.75. The van der Waals surface area contributed by atoms with Gasteiger partial charge < -0.3 is 9.84 Å². The van der Waals surface area contributed by atoms with Crippen molar-refractivity contribution in [2.75, 3.05) is 6.61 Å². The first-order valence-corrected chi connectivity index (χ1v) is 4.00. The van der Waals surface area contributed by atoms with Gasteiger partial charge in [0.25, 0.3) is 0 Å². The number of esters is 1. The molecule has 4 heteroatoms. The predicted octanol–water partition coefficient (Wildman–Crippen LogP) is 1.22. The Morgan fingerprint density at radius 2 is 2.15 bits per heavy atom. The van der Waals surface area contributed by atoms with Crippen molar-refractivity contribution in [3.8, 4) is 0 Å². The van der Waals surface area contributed by atoms with Crippen molar-refractivity contribution in [2.24, 2.45) is 5.41 Å². The Labute approximate surface area is 77.2 Å². The van der Waals surface area contributed by atoms with Crippen LogP contribution in [0.15, 0.2) is 12.7 Å². The van der Waals surface area contributed by atoms with Crippen molar-refractivity contribution >= 4 is 11.9 Å². The van der Waals surface area contributed by atoms with Crippen LogP contribution in [-0.4, -0.2) is 23.7 Å². The number of allylic oxidation sites excluding steroid dienone is 1. The van der Waals surface area contributed by atoms with Gasteiger partial charge in [-0.2, -0.15) is 0 Å². The van der Waals surface area contributed by atoms with Crippen LogP contribution in [0.3, 0.4) is 0 Å². The van der Waals surface area contributed by atoms with Gasteiger partial charge in [0.2, 0.25) is 0 Å². The smallest absolute Gasteiger partial charge is 0.323 e. The van der Waals surface area contributed by atoms with Crippen LogP contribution in [0.25, 0.3) is 0 Å². The van der Waals surface area contributed by atoms with Crippen LogP contribution >= 0.6 is 0 Å². The quantitative estimate of drug-likeness (QED) is 0.398. The average molecular weight is 186 g/mol. The Hall–Kier alpha value is -1.32. The molecule has 13 heavy (non-hydrogen) atoms. The highest BCUT2D eigenvalue weighted by Gasteiger charge is 2.41. The Morgan fingerprint density at radius 3 is 2.46 bits per heavy atom. The van der Waals surface area contributed by atoms with E-state index >= 15 is 0 Å². The number of ether oxygens (including phenoxy) is 1. The van der Waals surface area contributed by atoms with E-state index in [9.17, 15) is 9.59 Å². The fraction of sp³-hybridized carbons (Fsp3) is 0.556. The molecule has 0 aromatic rings. The monoisotopic (exact) mass is 186 g/mol. The Bertz CT molecular complexity index is 222. The first-order chi connectivity index (χ1) is 5.99. The number of carbonyl (C=O) groups is 2. The molecular weight excluding hydrogens is 172 g/mol. The van der Waals surface area contributed by atoms with E-state index < -0.39 is 17.4 Å². The number of carbonyl (C=O) groups excluding carboxylic acids is 1. The summed E-state index contributed by atoms with van der Waals surface area (Å²) in [7, 11) is 0. The lowest BCUT2D eigenvalue weighted by atomic mass is 9.87. The summed E-state index contributed by atoms with van der Waals surface area (Å²) in [5, 5.41) is 8.81. The maximum absolute atomic E-state index is 11.2. The van der Waals surface area contributed by atoms with Crippen LogP contribution in [0.2, 0.25) is 0 Å². The number of hydrogen-bond acceptors (Lipinski definition) is 3. The molecular formula is C9H14O4. The summed E-state index contributed by atoms with van der Waals surface area (Å²) in [6.07, 6.45) is 1.46. The van der Waals surface area contributed by atoms with E-state index in [1.165, 1.54) is 13.0 Å². The Kier molecular flexibility index (Phi) is 4.17. The van der Waals surface area contributed by atoms with E-state index in [2.05, 4.69) is 11.3 Å². The van der Waals surface area contributed by atoms with Crippen LogP contribution in [0.5, 0.6) is 0 Å². The van der Waals surface area contributed by atoms with Crippen LogP contribution in [0, 0.1) is 5.41 Å². The molecule has 0 saturated carbocycles. The van der Waals surface area contributed by atoms with E-state index in [1.54, 1.807) is 6.92 Å². The molecule has 0 aliphatic rings. The lowest BCUT2D eigenvalue weighted by molar-refractivity contribution is -0.166. The third-order valence-electron chi connectivity index (χ3n) is 1.75. The number of rotatable bonds is 5. The van der Waals surface area contributed by atoms with Gasteiger partial charge in [-0.25, -0.2) is 0 Å². The molecule has 0 spiro atoms. The summed E-state index contributed by atoms with van der Waals surface area (Å²) in [4.78, 5) is 22.0. The zero-order valence-electron chi connectivity index (χ0n) is 7.87. The average Bonchev–Trinajstić information content (AvgIpc) is 2.04. The van der Waals surface area contributed by atoms with Crippen LogP contribution in [0.1, 0.15) is 20.3 Å². The predicted molar refractivity (Wildman–Crippen MR) is 47.2 cm³/mol. The van der Waals surface area contributed by atoms with Crippen molar-refractivity contribution in [1.29, 1.82) is 0 Å². The molecule has 0 fully saturated rings. The molecule has 0 radical (unpaired) electrons. The molecule has 0 saturated heterocycles. The molecule has 0 aromatic heterocycles. The molecule has 0 aromatic carbocycles. The lowest BCUT2D eigenvalue weighted by Crippen LogP contribution is -2.37. The summed E-state index contributed by atoms with van der Waals surface area (Å²) < 4.78 is 4.65. The number of hydrogen-bond donors (Lipinski definition) is 1. The zero-order valence-corrected chi connectivity index (χ0v) is 7.87. The van der Waals surface area contributed by atoms with Gasteiger partial charge in [-0.3, -0.25) is 9.59 Å². The highest BCUT2D eigenvalue weighted by molar-refractivity contribution is 5.98. The molecule has 0 amide bonds. The molecule has 4 nitrogen and oxygen atoms in total. The van der Waals surface area contributed by atoms with Crippen LogP contribution < -0.4 is 0 Å².